The molecule has 82 valence electrons. The highest BCUT2D eigenvalue weighted by Gasteiger charge is 2.22. The summed E-state index contributed by atoms with van der Waals surface area (Å²) in [4.78, 5) is 0. The Morgan fingerprint density at radius 2 is 2.43 bits per heavy atom. The molecular weight excluding hydrogens is 178 g/mol. The maximum atomic E-state index is 9.20. The smallest absolute Gasteiger partial charge is 0.110 e. The molecule has 1 aliphatic rings. The molecule has 2 atom stereocenters. The van der Waals surface area contributed by atoms with Gasteiger partial charge >= 0.3 is 0 Å². The van der Waals surface area contributed by atoms with E-state index in [0.717, 1.165) is 25.8 Å². The molecule has 0 aromatic rings. The van der Waals surface area contributed by atoms with Crippen LogP contribution in [-0.4, -0.2) is 29.9 Å². The molecule has 0 amide bonds. The molecule has 1 rings (SSSR count). The number of aliphatic hydroxyl groups excluding tert-OH is 1. The fraction of sp³-hybridized carbons (Fsp3) is 0.818. The van der Waals surface area contributed by atoms with Gasteiger partial charge < -0.3 is 15.2 Å². The second-order valence-corrected chi connectivity index (χ2v) is 4.16. The number of aliphatic hydroxyl groups is 1. The molecule has 0 saturated carbocycles. The molecule has 0 aromatic carbocycles. The molecule has 3 nitrogen and oxygen atoms in total. The van der Waals surface area contributed by atoms with Crippen molar-refractivity contribution < 1.29 is 9.84 Å². The number of ether oxygens (including phenoxy) is 1. The minimum atomic E-state index is -0.162. The van der Waals surface area contributed by atoms with Gasteiger partial charge in [-0.2, -0.15) is 0 Å². The van der Waals surface area contributed by atoms with Crippen molar-refractivity contribution in [2.75, 3.05) is 13.2 Å². The van der Waals surface area contributed by atoms with Gasteiger partial charge in [-0.25, -0.2) is 0 Å². The highest BCUT2D eigenvalue weighted by Crippen LogP contribution is 2.12. The molecule has 0 spiro atoms. The summed E-state index contributed by atoms with van der Waals surface area (Å²) >= 11 is 0. The van der Waals surface area contributed by atoms with Crippen LogP contribution in [0.4, 0.5) is 0 Å². The largest absolute Gasteiger partial charge is 0.497 e. The van der Waals surface area contributed by atoms with E-state index in [-0.39, 0.29) is 18.2 Å². The van der Waals surface area contributed by atoms with E-state index >= 15 is 0 Å². The second kappa shape index (κ2) is 5.37. The Morgan fingerprint density at radius 1 is 1.64 bits per heavy atom. The summed E-state index contributed by atoms with van der Waals surface area (Å²) in [7, 11) is 0. The summed E-state index contributed by atoms with van der Waals surface area (Å²) in [6.45, 7) is 5.10. The normalized spacial score (nSPS) is 25.5. The number of nitrogens with one attached hydrogen (secondary N) is 1. The summed E-state index contributed by atoms with van der Waals surface area (Å²) < 4.78 is 5.44. The zero-order chi connectivity index (χ0) is 10.4. The van der Waals surface area contributed by atoms with Gasteiger partial charge in [-0.1, -0.05) is 6.92 Å². The third-order valence-electron chi connectivity index (χ3n) is 2.91. The molecule has 0 radical (unpaired) electrons. The van der Waals surface area contributed by atoms with Crippen LogP contribution >= 0.6 is 0 Å². The molecule has 2 N–H and O–H groups in total. The van der Waals surface area contributed by atoms with Crippen LogP contribution in [0, 0.1) is 0 Å². The van der Waals surface area contributed by atoms with Gasteiger partial charge in [0.05, 0.1) is 12.9 Å². The van der Waals surface area contributed by atoms with Crippen molar-refractivity contribution in [2.45, 2.75) is 44.8 Å². The van der Waals surface area contributed by atoms with E-state index in [1.807, 2.05) is 13.0 Å². The quantitative estimate of drug-likeness (QED) is 0.704. The summed E-state index contributed by atoms with van der Waals surface area (Å²) in [6, 6.07) is 0. The lowest BCUT2D eigenvalue weighted by Gasteiger charge is -2.30. The minimum absolute atomic E-state index is 0.162. The Morgan fingerprint density at radius 3 is 2.93 bits per heavy atom. The highest BCUT2D eigenvalue weighted by atomic mass is 16.5. The monoisotopic (exact) mass is 199 g/mol. The highest BCUT2D eigenvalue weighted by molar-refractivity contribution is 4.86. The molecule has 1 aliphatic heterocycles. The fourth-order valence-electron chi connectivity index (χ4n) is 1.39. The third kappa shape index (κ3) is 3.31. The molecule has 1 heterocycles. The van der Waals surface area contributed by atoms with E-state index in [4.69, 9.17) is 4.74 Å². The summed E-state index contributed by atoms with van der Waals surface area (Å²) in [5.74, 6) is 0. The molecule has 14 heavy (non-hydrogen) atoms. The third-order valence-corrected chi connectivity index (χ3v) is 2.91. The summed E-state index contributed by atoms with van der Waals surface area (Å²) in [5, 5.41) is 12.6. The molecule has 0 bridgehead atoms. The van der Waals surface area contributed by atoms with Crippen LogP contribution < -0.4 is 5.32 Å². The van der Waals surface area contributed by atoms with E-state index in [0.29, 0.717) is 0 Å². The first-order valence-corrected chi connectivity index (χ1v) is 5.36. The van der Waals surface area contributed by atoms with Gasteiger partial charge in [0.15, 0.2) is 0 Å². The van der Waals surface area contributed by atoms with Crippen molar-refractivity contribution in [1.82, 2.24) is 5.32 Å². The molecule has 0 aromatic heterocycles. The number of hydrogen-bond acceptors (Lipinski definition) is 3. The molecule has 0 aliphatic carbocycles. The second-order valence-electron chi connectivity index (χ2n) is 4.16. The van der Waals surface area contributed by atoms with E-state index in [9.17, 15) is 5.11 Å². The number of hydrogen-bond donors (Lipinski definition) is 2. The van der Waals surface area contributed by atoms with Crippen molar-refractivity contribution in [3.8, 4) is 0 Å². The Kier molecular flexibility index (Phi) is 4.42. The van der Waals surface area contributed by atoms with Crippen molar-refractivity contribution in [3.05, 3.63) is 12.3 Å². The summed E-state index contributed by atoms with van der Waals surface area (Å²) in [5.41, 5.74) is -0.162. The molecule has 0 fully saturated rings. The zero-order valence-corrected chi connectivity index (χ0v) is 9.12. The van der Waals surface area contributed by atoms with E-state index in [2.05, 4.69) is 12.2 Å². The molecule has 2 unspecified atom stereocenters. The van der Waals surface area contributed by atoms with Crippen LogP contribution in [0.25, 0.3) is 0 Å². The standard InChI is InChI=1S/C11H21NO2/c1-3-11(2,9-13)12-8-10-6-4-5-7-14-10/h5,7,10,12-13H,3-4,6,8-9H2,1-2H3. The van der Waals surface area contributed by atoms with E-state index < -0.39 is 0 Å². The average Bonchev–Trinajstić information content (AvgIpc) is 2.27. The van der Waals surface area contributed by atoms with Crippen molar-refractivity contribution >= 4 is 0 Å². The fourth-order valence-corrected chi connectivity index (χ4v) is 1.39. The first kappa shape index (κ1) is 11.5. The molecule has 0 saturated heterocycles. The van der Waals surface area contributed by atoms with Crippen LogP contribution in [0.2, 0.25) is 0 Å². The lowest BCUT2D eigenvalue weighted by atomic mass is 9.99. The Labute approximate surface area is 86.2 Å². The Bertz CT molecular complexity index is 188. The predicted molar refractivity (Wildman–Crippen MR) is 57.0 cm³/mol. The van der Waals surface area contributed by atoms with Gasteiger partial charge in [0.1, 0.15) is 6.10 Å². The van der Waals surface area contributed by atoms with Gasteiger partial charge in [0.2, 0.25) is 0 Å². The average molecular weight is 199 g/mol. The van der Waals surface area contributed by atoms with Crippen LogP contribution in [0.15, 0.2) is 12.3 Å². The number of rotatable bonds is 5. The summed E-state index contributed by atoms with van der Waals surface area (Å²) in [6.07, 6.45) is 7.16. The van der Waals surface area contributed by atoms with Crippen molar-refractivity contribution in [3.63, 3.8) is 0 Å². The number of allylic oxidation sites excluding steroid dienone is 1. The van der Waals surface area contributed by atoms with E-state index in [1.54, 1.807) is 6.26 Å². The van der Waals surface area contributed by atoms with Crippen LogP contribution in [0.5, 0.6) is 0 Å². The lowest BCUT2D eigenvalue weighted by Crippen LogP contribution is -2.48. The van der Waals surface area contributed by atoms with Crippen molar-refractivity contribution in [1.29, 1.82) is 0 Å². The maximum absolute atomic E-state index is 9.20. The van der Waals surface area contributed by atoms with Crippen molar-refractivity contribution in [2.24, 2.45) is 0 Å². The Hall–Kier alpha value is -0.540. The zero-order valence-electron chi connectivity index (χ0n) is 9.12. The van der Waals surface area contributed by atoms with Crippen LogP contribution in [-0.2, 0) is 4.74 Å². The lowest BCUT2D eigenvalue weighted by molar-refractivity contribution is 0.0974. The minimum Gasteiger partial charge on any atom is -0.497 e. The van der Waals surface area contributed by atoms with Gasteiger partial charge in [-0.3, -0.25) is 0 Å². The molecule has 3 heteroatoms. The molecular formula is C11H21NO2. The van der Waals surface area contributed by atoms with E-state index in [1.165, 1.54) is 0 Å². The first-order valence-electron chi connectivity index (χ1n) is 5.36. The van der Waals surface area contributed by atoms with Gasteiger partial charge in [-0.05, 0) is 32.3 Å². The SMILES string of the molecule is CCC(C)(CO)NCC1CCC=CO1. The van der Waals surface area contributed by atoms with Gasteiger partial charge in [0.25, 0.3) is 0 Å². The first-order chi connectivity index (χ1) is 6.70. The van der Waals surface area contributed by atoms with Gasteiger partial charge in [-0.15, -0.1) is 0 Å². The maximum Gasteiger partial charge on any atom is 0.110 e. The topological polar surface area (TPSA) is 41.5 Å². The van der Waals surface area contributed by atoms with Crippen LogP contribution in [0.3, 0.4) is 0 Å². The van der Waals surface area contributed by atoms with Crippen LogP contribution in [0.1, 0.15) is 33.1 Å². The predicted octanol–water partition coefficient (Wildman–Crippen LogP) is 1.43. The van der Waals surface area contributed by atoms with Gasteiger partial charge in [0, 0.05) is 12.1 Å². The Balaban J connectivity index is 2.27.